The van der Waals surface area contributed by atoms with Crippen LogP contribution >= 0.6 is 11.8 Å². The number of aromatic nitrogens is 3. The second-order valence-electron chi connectivity index (χ2n) is 6.16. The molecule has 0 fully saturated rings. The quantitative estimate of drug-likeness (QED) is 0.782. The third-order valence-corrected chi connectivity index (χ3v) is 4.39. The van der Waals surface area contributed by atoms with Gasteiger partial charge in [-0.25, -0.2) is 4.98 Å². The number of carbonyl (C=O) groups excluding carboxylic acids is 1. The summed E-state index contributed by atoms with van der Waals surface area (Å²) < 4.78 is 0. The topological polar surface area (TPSA) is 70.7 Å². The maximum Gasteiger partial charge on any atom is 0.234 e. The highest BCUT2D eigenvalue weighted by Gasteiger charge is 2.16. The van der Waals surface area contributed by atoms with Gasteiger partial charge in [-0.1, -0.05) is 57.7 Å². The highest BCUT2D eigenvalue weighted by molar-refractivity contribution is 7.99. The van der Waals surface area contributed by atoms with E-state index in [0.717, 1.165) is 11.5 Å². The molecule has 0 aliphatic rings. The Balaban J connectivity index is 2.12. The highest BCUT2D eigenvalue weighted by atomic mass is 32.2. The lowest BCUT2D eigenvalue weighted by molar-refractivity contribution is -0.113. The molecule has 124 valence electrons. The van der Waals surface area contributed by atoms with Gasteiger partial charge in [-0.2, -0.15) is 0 Å². The molecule has 0 atom stereocenters. The molecule has 5 nitrogen and oxygen atoms in total. The number of aryl methyl sites for hydroxylation is 1. The average molecular weight is 332 g/mol. The molecule has 2 N–H and O–H groups in total. The Morgan fingerprint density at radius 3 is 2.30 bits per heavy atom. The molecule has 0 saturated heterocycles. The molecule has 0 unspecified atom stereocenters. The fourth-order valence-corrected chi connectivity index (χ4v) is 3.03. The van der Waals surface area contributed by atoms with E-state index in [1.807, 2.05) is 6.92 Å². The summed E-state index contributed by atoms with van der Waals surface area (Å²) in [6, 6.07) is 6.22. The lowest BCUT2D eigenvalue weighted by Gasteiger charge is -2.20. The monoisotopic (exact) mass is 332 g/mol. The Hall–Kier alpha value is -1.82. The van der Waals surface area contributed by atoms with Crippen molar-refractivity contribution in [3.05, 3.63) is 35.2 Å². The Kier molecular flexibility index (Phi) is 5.82. The van der Waals surface area contributed by atoms with Gasteiger partial charge in [0, 0.05) is 5.69 Å². The number of thioether (sulfide) groups is 1. The number of nitrogens with one attached hydrogen (secondary N) is 2. The van der Waals surface area contributed by atoms with Crippen LogP contribution < -0.4 is 5.32 Å². The Bertz CT molecular complexity index is 653. The van der Waals surface area contributed by atoms with Crippen LogP contribution in [-0.4, -0.2) is 26.8 Å². The summed E-state index contributed by atoms with van der Waals surface area (Å²) in [6.07, 6.45) is 0. The Morgan fingerprint density at radius 1 is 1.22 bits per heavy atom. The lowest BCUT2D eigenvalue weighted by atomic mass is 9.92. The zero-order valence-corrected chi connectivity index (χ0v) is 15.1. The van der Waals surface area contributed by atoms with Gasteiger partial charge in [0.05, 0.1) is 5.75 Å². The summed E-state index contributed by atoms with van der Waals surface area (Å²) in [7, 11) is 0. The second kappa shape index (κ2) is 7.64. The van der Waals surface area contributed by atoms with Crippen LogP contribution in [0.15, 0.2) is 23.4 Å². The summed E-state index contributed by atoms with van der Waals surface area (Å²) in [5.41, 5.74) is 3.29. The summed E-state index contributed by atoms with van der Waals surface area (Å²) >= 11 is 1.33. The van der Waals surface area contributed by atoms with Crippen molar-refractivity contribution in [2.24, 2.45) is 0 Å². The Morgan fingerprint density at radius 2 is 1.83 bits per heavy atom. The van der Waals surface area contributed by atoms with Gasteiger partial charge >= 0.3 is 0 Å². The number of benzene rings is 1. The van der Waals surface area contributed by atoms with E-state index in [1.165, 1.54) is 22.9 Å². The van der Waals surface area contributed by atoms with E-state index >= 15 is 0 Å². The minimum Gasteiger partial charge on any atom is -0.325 e. The number of anilines is 1. The summed E-state index contributed by atoms with van der Waals surface area (Å²) in [4.78, 5) is 16.5. The number of aromatic amines is 1. The summed E-state index contributed by atoms with van der Waals surface area (Å²) in [5, 5.41) is 10.5. The normalized spacial score (nSPS) is 11.3. The van der Waals surface area contributed by atoms with Crippen LogP contribution in [-0.2, 0) is 4.79 Å². The van der Waals surface area contributed by atoms with Gasteiger partial charge < -0.3 is 5.32 Å². The number of H-pyrrole nitrogens is 1. The predicted molar refractivity (Wildman–Crippen MR) is 95.1 cm³/mol. The number of para-hydroxylation sites is 1. The van der Waals surface area contributed by atoms with Gasteiger partial charge in [-0.05, 0) is 29.9 Å². The van der Waals surface area contributed by atoms with Crippen LogP contribution in [0.4, 0.5) is 5.69 Å². The number of hydrogen-bond acceptors (Lipinski definition) is 4. The third kappa shape index (κ3) is 4.58. The van der Waals surface area contributed by atoms with Crippen LogP contribution in [0.3, 0.4) is 0 Å². The highest BCUT2D eigenvalue weighted by Crippen LogP contribution is 2.32. The van der Waals surface area contributed by atoms with E-state index in [0.29, 0.717) is 22.7 Å². The second-order valence-corrected chi connectivity index (χ2v) is 7.10. The van der Waals surface area contributed by atoms with Gasteiger partial charge in [0.25, 0.3) is 0 Å². The maximum absolute atomic E-state index is 12.3. The number of carbonyl (C=O) groups is 1. The zero-order valence-electron chi connectivity index (χ0n) is 14.3. The molecule has 1 aromatic carbocycles. The van der Waals surface area contributed by atoms with Crippen LogP contribution in [0, 0.1) is 6.92 Å². The summed E-state index contributed by atoms with van der Waals surface area (Å²) in [5.74, 6) is 1.72. The van der Waals surface area contributed by atoms with Crippen molar-refractivity contribution in [1.82, 2.24) is 15.2 Å². The van der Waals surface area contributed by atoms with Crippen LogP contribution in [0.5, 0.6) is 0 Å². The molecule has 23 heavy (non-hydrogen) atoms. The van der Waals surface area contributed by atoms with Crippen LogP contribution in [0.2, 0.25) is 0 Å². The Labute approximate surface area is 141 Å². The largest absolute Gasteiger partial charge is 0.325 e. The fourth-order valence-electron chi connectivity index (χ4n) is 2.39. The molecule has 0 saturated carbocycles. The molecule has 0 aliphatic carbocycles. The summed E-state index contributed by atoms with van der Waals surface area (Å²) in [6.45, 7) is 10.4. The van der Waals surface area contributed by atoms with Crippen molar-refractivity contribution in [3.63, 3.8) is 0 Å². The molecule has 0 spiro atoms. The molecule has 2 rings (SSSR count). The number of hydrogen-bond donors (Lipinski definition) is 2. The molecule has 1 amide bonds. The molecule has 6 heteroatoms. The first-order chi connectivity index (χ1) is 10.9. The van der Waals surface area contributed by atoms with Gasteiger partial charge in [-0.15, -0.1) is 5.10 Å². The van der Waals surface area contributed by atoms with Gasteiger partial charge in [0.1, 0.15) is 5.82 Å². The first kappa shape index (κ1) is 17.5. The van der Waals surface area contributed by atoms with E-state index in [4.69, 9.17) is 0 Å². The number of nitrogens with zero attached hydrogens (tertiary/aromatic N) is 2. The molecule has 2 aromatic rings. The first-order valence-corrected chi connectivity index (χ1v) is 8.81. The molecule has 0 aliphatic heterocycles. The number of rotatable bonds is 6. The van der Waals surface area contributed by atoms with Crippen molar-refractivity contribution in [2.75, 3.05) is 11.1 Å². The van der Waals surface area contributed by atoms with E-state index in [9.17, 15) is 4.79 Å². The van der Waals surface area contributed by atoms with Crippen molar-refractivity contribution in [1.29, 1.82) is 0 Å². The smallest absolute Gasteiger partial charge is 0.234 e. The molecule has 1 heterocycles. The zero-order chi connectivity index (χ0) is 17.0. The average Bonchev–Trinajstić information content (AvgIpc) is 2.90. The standard InChI is InChI=1S/C17H24N4OS/c1-10(2)13-7-6-8-14(11(3)4)16(13)19-15(22)9-23-17-18-12(5)20-21-17/h6-8,10-11H,9H2,1-5H3,(H,19,22)(H,18,20,21). The van der Waals surface area contributed by atoms with Crippen molar-refractivity contribution >= 4 is 23.4 Å². The number of amides is 1. The molecular formula is C17H24N4OS. The van der Waals surface area contributed by atoms with E-state index in [1.54, 1.807) is 0 Å². The lowest BCUT2D eigenvalue weighted by Crippen LogP contribution is -2.17. The first-order valence-electron chi connectivity index (χ1n) is 7.83. The fraction of sp³-hybridized carbons (Fsp3) is 0.471. The van der Waals surface area contributed by atoms with Gasteiger partial charge in [0.15, 0.2) is 0 Å². The van der Waals surface area contributed by atoms with Crippen LogP contribution in [0.25, 0.3) is 0 Å². The maximum atomic E-state index is 12.3. The van der Waals surface area contributed by atoms with Crippen LogP contribution in [0.1, 0.15) is 56.5 Å². The molecular weight excluding hydrogens is 308 g/mol. The third-order valence-electron chi connectivity index (χ3n) is 3.55. The van der Waals surface area contributed by atoms with Crippen molar-refractivity contribution in [3.8, 4) is 0 Å². The van der Waals surface area contributed by atoms with E-state index < -0.39 is 0 Å². The SMILES string of the molecule is Cc1nc(SCC(=O)Nc2c(C(C)C)cccc2C(C)C)n[nH]1. The minimum atomic E-state index is -0.0348. The van der Waals surface area contributed by atoms with Crippen molar-refractivity contribution < 1.29 is 4.79 Å². The van der Waals surface area contributed by atoms with Gasteiger partial charge in [0.2, 0.25) is 11.1 Å². The van der Waals surface area contributed by atoms with Crippen molar-refractivity contribution in [2.45, 2.75) is 51.6 Å². The molecule has 0 bridgehead atoms. The van der Waals surface area contributed by atoms with Gasteiger partial charge in [-0.3, -0.25) is 9.89 Å². The van der Waals surface area contributed by atoms with E-state index in [2.05, 4.69) is 66.4 Å². The molecule has 1 aromatic heterocycles. The van der Waals surface area contributed by atoms with E-state index in [-0.39, 0.29) is 5.91 Å². The molecule has 0 radical (unpaired) electrons. The predicted octanol–water partition coefficient (Wildman–Crippen LogP) is 4.09. The minimum absolute atomic E-state index is 0.0348.